The lowest BCUT2D eigenvalue weighted by atomic mass is 9.81. The molecule has 0 fully saturated rings. The molecule has 0 amide bonds. The average molecular weight is 365 g/mol. The molecule has 2 aromatic carbocycles. The molecule has 0 aromatic heterocycles. The summed E-state index contributed by atoms with van der Waals surface area (Å²) in [6, 6.07) is 7.17. The molecule has 2 aliphatic heterocycles. The Hall–Kier alpha value is -2.75. The van der Waals surface area contributed by atoms with Crippen molar-refractivity contribution in [2.75, 3.05) is 12.4 Å². The fourth-order valence-corrected chi connectivity index (χ4v) is 4.26. The number of fused-ring (bicyclic) bond motifs is 5. The van der Waals surface area contributed by atoms with Gasteiger partial charge in [-0.3, -0.25) is 0 Å². The summed E-state index contributed by atoms with van der Waals surface area (Å²) in [5.74, 6) is 0.465. The van der Waals surface area contributed by atoms with E-state index in [2.05, 4.69) is 38.2 Å². The van der Waals surface area contributed by atoms with Crippen LogP contribution in [0, 0.1) is 5.82 Å². The maximum Gasteiger partial charge on any atom is 0.166 e. The molecule has 140 valence electrons. The minimum atomic E-state index is -0.389. The van der Waals surface area contributed by atoms with Gasteiger partial charge in [-0.25, -0.2) is 4.39 Å². The Morgan fingerprint density at radius 3 is 2.67 bits per heavy atom. The molecular weight excluding hydrogens is 341 g/mol. The maximum atomic E-state index is 14.4. The van der Waals surface area contributed by atoms with Gasteiger partial charge in [0, 0.05) is 16.8 Å². The van der Waals surface area contributed by atoms with E-state index in [0.29, 0.717) is 11.3 Å². The fraction of sp³-hybridized carbons (Fsp3) is 0.304. The summed E-state index contributed by atoms with van der Waals surface area (Å²) < 4.78 is 26.1. The van der Waals surface area contributed by atoms with E-state index >= 15 is 0 Å². The van der Waals surface area contributed by atoms with Crippen LogP contribution in [0.1, 0.15) is 44.9 Å². The van der Waals surface area contributed by atoms with Crippen molar-refractivity contribution in [3.8, 4) is 22.6 Å². The first kappa shape index (κ1) is 17.7. The van der Waals surface area contributed by atoms with E-state index < -0.39 is 0 Å². The molecule has 4 heteroatoms. The lowest BCUT2D eigenvalue weighted by molar-refractivity contribution is 0.248. The Kier molecular flexibility index (Phi) is 4.02. The van der Waals surface area contributed by atoms with Crippen molar-refractivity contribution < 1.29 is 13.9 Å². The van der Waals surface area contributed by atoms with Crippen LogP contribution in [0.5, 0.6) is 11.5 Å². The van der Waals surface area contributed by atoms with Gasteiger partial charge in [-0.1, -0.05) is 18.2 Å². The smallest absolute Gasteiger partial charge is 0.166 e. The van der Waals surface area contributed by atoms with Crippen molar-refractivity contribution in [1.29, 1.82) is 0 Å². The summed E-state index contributed by atoms with van der Waals surface area (Å²) in [5, 5.41) is 3.58. The summed E-state index contributed by atoms with van der Waals surface area (Å²) in [6.07, 6.45) is 6.00. The first-order valence-corrected chi connectivity index (χ1v) is 9.17. The summed E-state index contributed by atoms with van der Waals surface area (Å²) >= 11 is 0. The molecule has 0 radical (unpaired) electrons. The van der Waals surface area contributed by atoms with Gasteiger partial charge in [0.2, 0.25) is 0 Å². The lowest BCUT2D eigenvalue weighted by Crippen LogP contribution is -2.32. The number of benzene rings is 2. The van der Waals surface area contributed by atoms with Gasteiger partial charge in [0.05, 0.1) is 18.2 Å². The second kappa shape index (κ2) is 6.15. The number of methoxy groups -OCH3 is 1. The van der Waals surface area contributed by atoms with E-state index in [-0.39, 0.29) is 23.2 Å². The van der Waals surface area contributed by atoms with Gasteiger partial charge >= 0.3 is 0 Å². The maximum absolute atomic E-state index is 14.4. The highest BCUT2D eigenvalue weighted by Crippen LogP contribution is 2.52. The molecule has 1 N–H and O–H groups in total. The highest BCUT2D eigenvalue weighted by Gasteiger charge is 2.34. The first-order valence-electron chi connectivity index (χ1n) is 9.17. The second-order valence-corrected chi connectivity index (χ2v) is 7.64. The molecule has 1 unspecified atom stereocenters. The predicted molar refractivity (Wildman–Crippen MR) is 108 cm³/mol. The van der Waals surface area contributed by atoms with Crippen LogP contribution >= 0.6 is 0 Å². The Labute approximate surface area is 159 Å². The van der Waals surface area contributed by atoms with Crippen molar-refractivity contribution in [2.24, 2.45) is 0 Å². The first-order chi connectivity index (χ1) is 12.9. The Morgan fingerprint density at radius 2 is 1.96 bits per heavy atom. The molecular formula is C23H24FNO2. The highest BCUT2D eigenvalue weighted by molar-refractivity contribution is 5.91. The number of halogens is 1. The zero-order valence-electron chi connectivity index (χ0n) is 16.3. The SMILES string of the molecule is CC=CC1Oc2ccc(F)c(OC)c2-c2ccc3c(c21)C(C)=CC(C)(C)N3. The van der Waals surface area contributed by atoms with Gasteiger partial charge in [-0.05, 0) is 63.1 Å². The topological polar surface area (TPSA) is 30.5 Å². The van der Waals surface area contributed by atoms with E-state index in [4.69, 9.17) is 9.47 Å². The predicted octanol–water partition coefficient (Wildman–Crippen LogP) is 6.12. The van der Waals surface area contributed by atoms with Crippen LogP contribution in [0.4, 0.5) is 10.1 Å². The lowest BCUT2D eigenvalue weighted by Gasteiger charge is -2.36. The van der Waals surface area contributed by atoms with Gasteiger partial charge < -0.3 is 14.8 Å². The third kappa shape index (κ3) is 2.71. The number of anilines is 1. The number of ether oxygens (including phenoxy) is 2. The highest BCUT2D eigenvalue weighted by atomic mass is 19.1. The second-order valence-electron chi connectivity index (χ2n) is 7.64. The quantitative estimate of drug-likeness (QED) is 0.651. The third-order valence-corrected chi connectivity index (χ3v) is 5.12. The van der Waals surface area contributed by atoms with Crippen LogP contribution in [-0.2, 0) is 0 Å². The van der Waals surface area contributed by atoms with E-state index in [1.165, 1.54) is 18.7 Å². The van der Waals surface area contributed by atoms with E-state index in [1.54, 1.807) is 6.07 Å². The van der Waals surface area contributed by atoms with Gasteiger partial charge in [0.1, 0.15) is 11.9 Å². The molecule has 0 bridgehead atoms. The van der Waals surface area contributed by atoms with Crippen LogP contribution in [-0.4, -0.2) is 12.6 Å². The van der Waals surface area contributed by atoms with Crippen LogP contribution in [0.25, 0.3) is 16.7 Å². The molecule has 27 heavy (non-hydrogen) atoms. The number of rotatable bonds is 2. The van der Waals surface area contributed by atoms with Crippen molar-refractivity contribution in [3.05, 3.63) is 59.4 Å². The summed E-state index contributed by atoms with van der Waals surface area (Å²) in [6.45, 7) is 8.38. The summed E-state index contributed by atoms with van der Waals surface area (Å²) in [5.41, 5.74) is 5.90. The van der Waals surface area contributed by atoms with Gasteiger partial charge in [-0.15, -0.1) is 0 Å². The fourth-order valence-electron chi connectivity index (χ4n) is 4.26. The minimum absolute atomic E-state index is 0.126. The molecule has 1 atom stereocenters. The molecule has 2 aliphatic rings. The minimum Gasteiger partial charge on any atom is -0.493 e. The largest absolute Gasteiger partial charge is 0.493 e. The van der Waals surface area contributed by atoms with E-state index in [1.807, 2.05) is 25.1 Å². The Bertz CT molecular complexity index is 988. The number of hydrogen-bond acceptors (Lipinski definition) is 3. The molecule has 2 heterocycles. The van der Waals surface area contributed by atoms with Crippen molar-refractivity contribution in [2.45, 2.75) is 39.3 Å². The molecule has 0 saturated heterocycles. The zero-order chi connectivity index (χ0) is 19.3. The van der Waals surface area contributed by atoms with Gasteiger partial charge in [-0.2, -0.15) is 0 Å². The van der Waals surface area contributed by atoms with Crippen molar-refractivity contribution in [3.63, 3.8) is 0 Å². The molecule has 4 rings (SSSR count). The Morgan fingerprint density at radius 1 is 1.19 bits per heavy atom. The van der Waals surface area contributed by atoms with E-state index in [9.17, 15) is 4.39 Å². The van der Waals surface area contributed by atoms with E-state index in [0.717, 1.165) is 22.4 Å². The van der Waals surface area contributed by atoms with Crippen LogP contribution in [0.2, 0.25) is 0 Å². The molecule has 0 spiro atoms. The molecule has 0 aliphatic carbocycles. The van der Waals surface area contributed by atoms with Crippen molar-refractivity contribution >= 4 is 11.3 Å². The monoisotopic (exact) mass is 365 g/mol. The number of hydrogen-bond donors (Lipinski definition) is 1. The van der Waals surface area contributed by atoms with Crippen LogP contribution < -0.4 is 14.8 Å². The van der Waals surface area contributed by atoms with Crippen molar-refractivity contribution in [1.82, 2.24) is 0 Å². The molecule has 2 aromatic rings. The third-order valence-electron chi connectivity index (χ3n) is 5.12. The average Bonchev–Trinajstić information content (AvgIpc) is 2.60. The summed E-state index contributed by atoms with van der Waals surface area (Å²) in [4.78, 5) is 0. The number of nitrogens with one attached hydrogen (secondary N) is 1. The molecule has 0 saturated carbocycles. The van der Waals surface area contributed by atoms with Gasteiger partial charge in [0.15, 0.2) is 11.6 Å². The standard InChI is InChI=1S/C23H24FNO2/c1-6-7-17-20-14(21-18(27-17)11-9-15(24)22(21)26-5)8-10-16-19(20)13(2)12-23(3,4)25-16/h6-12,17,25H,1-5H3. The van der Waals surface area contributed by atoms with Crippen LogP contribution in [0.3, 0.4) is 0 Å². The number of allylic oxidation sites excluding steroid dienone is 2. The summed E-state index contributed by atoms with van der Waals surface area (Å²) in [7, 11) is 1.49. The van der Waals surface area contributed by atoms with Gasteiger partial charge in [0.25, 0.3) is 0 Å². The zero-order valence-corrected chi connectivity index (χ0v) is 16.3. The van der Waals surface area contributed by atoms with Crippen LogP contribution in [0.15, 0.2) is 42.5 Å². The normalized spacial score (nSPS) is 19.3. The Balaban J connectivity index is 2.06. The molecule has 3 nitrogen and oxygen atoms in total.